The van der Waals surface area contributed by atoms with Gasteiger partial charge in [-0.3, -0.25) is 0 Å². The van der Waals surface area contributed by atoms with Crippen molar-refractivity contribution in [3.05, 3.63) is 0 Å². The topological polar surface area (TPSA) is 21.7 Å². The van der Waals surface area contributed by atoms with Crippen LogP contribution in [0.2, 0.25) is 0 Å². The van der Waals surface area contributed by atoms with Gasteiger partial charge >= 0.3 is 0 Å². The van der Waals surface area contributed by atoms with Crippen LogP contribution in [0.15, 0.2) is 0 Å². The van der Waals surface area contributed by atoms with Gasteiger partial charge in [-0.2, -0.15) is 0 Å². The maximum atomic E-state index is 5.70. The number of hydrogen-bond acceptors (Lipinski definition) is 3. The number of likely N-dealkylation sites (tertiary alicyclic amines) is 1. The summed E-state index contributed by atoms with van der Waals surface area (Å²) in [5.74, 6) is 0. The first-order valence-electron chi connectivity index (χ1n) is 7.28. The van der Waals surface area contributed by atoms with Gasteiger partial charge in [0.05, 0.1) is 25.9 Å². The van der Waals surface area contributed by atoms with Crippen LogP contribution in [0.25, 0.3) is 0 Å². The van der Waals surface area contributed by atoms with Crippen molar-refractivity contribution in [3.63, 3.8) is 0 Å². The van der Waals surface area contributed by atoms with Crippen LogP contribution in [-0.2, 0) is 9.47 Å². The molecule has 0 aromatic rings. The fraction of sp³-hybridized carbons (Fsp3) is 1.00. The summed E-state index contributed by atoms with van der Waals surface area (Å²) in [6.45, 7) is 6.24. The lowest BCUT2D eigenvalue weighted by Crippen LogP contribution is -2.33. The fourth-order valence-electron chi connectivity index (χ4n) is 3.78. The summed E-state index contributed by atoms with van der Waals surface area (Å²) in [7, 11) is 0. The van der Waals surface area contributed by atoms with Crippen molar-refractivity contribution in [2.45, 2.75) is 44.6 Å². The lowest BCUT2D eigenvalue weighted by atomic mass is 9.86. The molecule has 1 saturated carbocycles. The minimum absolute atomic E-state index is 0.351. The van der Waals surface area contributed by atoms with Gasteiger partial charge in [-0.15, -0.1) is 0 Å². The molecular weight excluding hydrogens is 214 g/mol. The maximum Gasteiger partial charge on any atom is 0.0821 e. The van der Waals surface area contributed by atoms with E-state index >= 15 is 0 Å². The third-order valence-corrected chi connectivity index (χ3v) is 4.83. The average Bonchev–Trinajstić information content (AvgIpc) is 2.99. The van der Waals surface area contributed by atoms with Crippen LogP contribution < -0.4 is 0 Å². The molecule has 0 radical (unpaired) electrons. The third-order valence-electron chi connectivity index (χ3n) is 4.83. The zero-order chi connectivity index (χ0) is 11.6. The molecule has 0 aromatic carbocycles. The van der Waals surface area contributed by atoms with Gasteiger partial charge in [0.15, 0.2) is 0 Å². The minimum Gasteiger partial charge on any atom is -0.376 e. The molecule has 1 atom stereocenters. The molecule has 3 aliphatic rings. The predicted molar refractivity (Wildman–Crippen MR) is 67.1 cm³/mol. The highest BCUT2D eigenvalue weighted by Gasteiger charge is 2.39. The standard InChI is InChI=1S/C14H25NO2/c1-2-5-14(4-1)6-8-15(12-14)7-3-13-11-16-9-10-17-13/h13H,1-12H2. The Morgan fingerprint density at radius 2 is 2.00 bits per heavy atom. The third kappa shape index (κ3) is 2.83. The molecule has 3 fully saturated rings. The molecule has 2 heterocycles. The van der Waals surface area contributed by atoms with E-state index in [0.717, 1.165) is 26.2 Å². The van der Waals surface area contributed by atoms with E-state index in [1.54, 1.807) is 0 Å². The van der Waals surface area contributed by atoms with Crippen LogP contribution >= 0.6 is 0 Å². The van der Waals surface area contributed by atoms with Gasteiger partial charge in [-0.25, -0.2) is 0 Å². The number of hydrogen-bond donors (Lipinski definition) is 0. The SMILES string of the molecule is C1CCC2(C1)CCN(CCC1COCCO1)C2. The number of rotatable bonds is 3. The molecule has 2 aliphatic heterocycles. The molecule has 3 heteroatoms. The smallest absolute Gasteiger partial charge is 0.0821 e. The van der Waals surface area contributed by atoms with Crippen LogP contribution in [0.3, 0.4) is 0 Å². The van der Waals surface area contributed by atoms with E-state index in [0.29, 0.717) is 11.5 Å². The molecular formula is C14H25NO2. The summed E-state index contributed by atoms with van der Waals surface area (Å²) in [6, 6.07) is 0. The Morgan fingerprint density at radius 1 is 1.12 bits per heavy atom. The molecule has 0 aromatic heterocycles. The summed E-state index contributed by atoms with van der Waals surface area (Å²) in [4.78, 5) is 2.66. The second-order valence-corrected chi connectivity index (χ2v) is 6.09. The average molecular weight is 239 g/mol. The summed E-state index contributed by atoms with van der Waals surface area (Å²) in [6.07, 6.45) is 8.83. The number of ether oxygens (including phenoxy) is 2. The molecule has 0 N–H and O–H groups in total. The zero-order valence-corrected chi connectivity index (χ0v) is 10.8. The molecule has 2 saturated heterocycles. The van der Waals surface area contributed by atoms with Gasteiger partial charge in [-0.1, -0.05) is 12.8 Å². The van der Waals surface area contributed by atoms with E-state index in [9.17, 15) is 0 Å². The Morgan fingerprint density at radius 3 is 2.76 bits per heavy atom. The largest absolute Gasteiger partial charge is 0.376 e. The van der Waals surface area contributed by atoms with E-state index < -0.39 is 0 Å². The Bertz CT molecular complexity index is 245. The summed E-state index contributed by atoms with van der Waals surface area (Å²) < 4.78 is 11.2. The van der Waals surface area contributed by atoms with Crippen LogP contribution in [-0.4, -0.2) is 50.5 Å². The van der Waals surface area contributed by atoms with E-state index in [1.807, 2.05) is 0 Å². The first-order chi connectivity index (χ1) is 8.36. The van der Waals surface area contributed by atoms with Gasteiger partial charge in [0.25, 0.3) is 0 Å². The molecule has 1 unspecified atom stereocenters. The highest BCUT2D eigenvalue weighted by Crippen LogP contribution is 2.45. The quantitative estimate of drug-likeness (QED) is 0.752. The molecule has 98 valence electrons. The zero-order valence-electron chi connectivity index (χ0n) is 10.8. The second kappa shape index (κ2) is 5.25. The van der Waals surface area contributed by atoms with Gasteiger partial charge in [0, 0.05) is 13.1 Å². The Kier molecular flexibility index (Phi) is 3.69. The molecule has 0 bridgehead atoms. The molecule has 1 aliphatic carbocycles. The molecule has 0 amide bonds. The van der Waals surface area contributed by atoms with Crippen molar-refractivity contribution >= 4 is 0 Å². The van der Waals surface area contributed by atoms with Crippen LogP contribution in [0.4, 0.5) is 0 Å². The Labute approximate surface area is 104 Å². The van der Waals surface area contributed by atoms with Crippen molar-refractivity contribution in [3.8, 4) is 0 Å². The van der Waals surface area contributed by atoms with Crippen molar-refractivity contribution in [1.29, 1.82) is 0 Å². The van der Waals surface area contributed by atoms with Gasteiger partial charge in [0.2, 0.25) is 0 Å². The van der Waals surface area contributed by atoms with E-state index in [-0.39, 0.29) is 0 Å². The summed E-state index contributed by atoms with van der Waals surface area (Å²) >= 11 is 0. The van der Waals surface area contributed by atoms with Crippen molar-refractivity contribution in [1.82, 2.24) is 4.90 Å². The van der Waals surface area contributed by atoms with E-state index in [2.05, 4.69) is 4.90 Å². The highest BCUT2D eigenvalue weighted by molar-refractivity contribution is 4.93. The first-order valence-corrected chi connectivity index (χ1v) is 7.28. The van der Waals surface area contributed by atoms with Gasteiger partial charge in [-0.05, 0) is 37.6 Å². The minimum atomic E-state index is 0.351. The first kappa shape index (κ1) is 11.9. The van der Waals surface area contributed by atoms with Crippen LogP contribution in [0, 0.1) is 5.41 Å². The molecule has 3 nitrogen and oxygen atoms in total. The monoisotopic (exact) mass is 239 g/mol. The summed E-state index contributed by atoms with van der Waals surface area (Å²) in [5.41, 5.74) is 0.712. The predicted octanol–water partition coefficient (Wildman–Crippen LogP) is 2.06. The van der Waals surface area contributed by atoms with Crippen LogP contribution in [0.1, 0.15) is 38.5 Å². The van der Waals surface area contributed by atoms with Crippen molar-refractivity contribution in [2.75, 3.05) is 39.5 Å². The van der Waals surface area contributed by atoms with Gasteiger partial charge in [0.1, 0.15) is 0 Å². The lowest BCUT2D eigenvalue weighted by Gasteiger charge is -2.26. The van der Waals surface area contributed by atoms with E-state index in [4.69, 9.17) is 9.47 Å². The Hall–Kier alpha value is -0.120. The van der Waals surface area contributed by atoms with Crippen molar-refractivity contribution < 1.29 is 9.47 Å². The summed E-state index contributed by atoms with van der Waals surface area (Å²) in [5, 5.41) is 0. The van der Waals surface area contributed by atoms with Crippen LogP contribution in [0.5, 0.6) is 0 Å². The molecule has 3 rings (SSSR count). The van der Waals surface area contributed by atoms with Crippen molar-refractivity contribution in [2.24, 2.45) is 5.41 Å². The van der Waals surface area contributed by atoms with E-state index in [1.165, 1.54) is 51.7 Å². The second-order valence-electron chi connectivity index (χ2n) is 6.09. The normalized spacial score (nSPS) is 33.5. The highest BCUT2D eigenvalue weighted by atomic mass is 16.6. The number of nitrogens with zero attached hydrogens (tertiary/aromatic N) is 1. The Balaban J connectivity index is 1.41. The molecule has 1 spiro atoms. The van der Waals surface area contributed by atoms with Gasteiger partial charge < -0.3 is 14.4 Å². The maximum absolute atomic E-state index is 5.70. The molecule has 17 heavy (non-hydrogen) atoms. The lowest BCUT2D eigenvalue weighted by molar-refractivity contribution is -0.0924. The fourth-order valence-corrected chi connectivity index (χ4v) is 3.78.